The van der Waals surface area contributed by atoms with Crippen molar-refractivity contribution in [3.05, 3.63) is 70.8 Å². The molecule has 2 aromatic rings. The first-order valence-electron chi connectivity index (χ1n) is 10.5. The highest BCUT2D eigenvalue weighted by Crippen LogP contribution is 2.25. The third kappa shape index (κ3) is 4.44. The predicted molar refractivity (Wildman–Crippen MR) is 111 cm³/mol. The Kier molecular flexibility index (Phi) is 6.12. The van der Waals surface area contributed by atoms with Crippen LogP contribution in [0, 0.1) is 17.6 Å². The Balaban J connectivity index is 1.35. The quantitative estimate of drug-likeness (QED) is 0.528. The number of ketones is 1. The van der Waals surface area contributed by atoms with Crippen LogP contribution < -0.4 is 0 Å². The summed E-state index contributed by atoms with van der Waals surface area (Å²) in [6.07, 6.45) is 1.22. The van der Waals surface area contributed by atoms with E-state index >= 15 is 0 Å². The highest BCUT2D eigenvalue weighted by atomic mass is 19.1. The van der Waals surface area contributed by atoms with E-state index in [1.807, 2.05) is 0 Å². The number of carbonyl (C=O) groups excluding carboxylic acids is 4. The Morgan fingerprint density at radius 2 is 1.53 bits per heavy atom. The van der Waals surface area contributed by atoms with Crippen molar-refractivity contribution in [2.45, 2.75) is 32.2 Å². The molecule has 0 radical (unpaired) electrons. The van der Waals surface area contributed by atoms with Gasteiger partial charge in [-0.25, -0.2) is 8.78 Å². The number of Topliss-reactive ketones (excluding diaryl/α,β-unsaturated/α-hetero) is 1. The Hall–Kier alpha value is -3.42. The summed E-state index contributed by atoms with van der Waals surface area (Å²) in [5.41, 5.74) is 0.973. The second-order valence-corrected chi connectivity index (χ2v) is 8.13. The summed E-state index contributed by atoms with van der Waals surface area (Å²) < 4.78 is 27.3. The molecule has 0 atom stereocenters. The number of nitrogens with zero attached hydrogens (tertiary/aromatic N) is 2. The van der Waals surface area contributed by atoms with Gasteiger partial charge in [0.15, 0.2) is 5.78 Å². The van der Waals surface area contributed by atoms with Gasteiger partial charge >= 0.3 is 0 Å². The van der Waals surface area contributed by atoms with Gasteiger partial charge in [-0.15, -0.1) is 0 Å². The van der Waals surface area contributed by atoms with Crippen LogP contribution in [0.4, 0.5) is 8.78 Å². The number of amides is 3. The fraction of sp³-hybridized carbons (Fsp3) is 0.333. The Morgan fingerprint density at radius 3 is 2.16 bits per heavy atom. The van der Waals surface area contributed by atoms with E-state index in [0.717, 1.165) is 23.8 Å². The van der Waals surface area contributed by atoms with E-state index in [1.54, 1.807) is 29.2 Å². The third-order valence-corrected chi connectivity index (χ3v) is 6.04. The first kappa shape index (κ1) is 21.8. The topological polar surface area (TPSA) is 74.8 Å². The summed E-state index contributed by atoms with van der Waals surface area (Å²) in [6, 6.07) is 9.58. The molecule has 2 aromatic carbocycles. The van der Waals surface area contributed by atoms with Crippen molar-refractivity contribution in [1.29, 1.82) is 0 Å². The normalized spacial score (nSPS) is 17.2. The summed E-state index contributed by atoms with van der Waals surface area (Å²) >= 11 is 0. The molecule has 2 saturated heterocycles. The van der Waals surface area contributed by atoms with Crippen molar-refractivity contribution in [3.8, 4) is 0 Å². The van der Waals surface area contributed by atoms with Crippen molar-refractivity contribution in [2.24, 2.45) is 5.92 Å². The van der Waals surface area contributed by atoms with Gasteiger partial charge in [0.1, 0.15) is 11.6 Å². The zero-order valence-electron chi connectivity index (χ0n) is 17.4. The lowest BCUT2D eigenvalue weighted by atomic mass is 9.88. The summed E-state index contributed by atoms with van der Waals surface area (Å²) in [6.45, 7) is 0.867. The van der Waals surface area contributed by atoms with E-state index in [0.29, 0.717) is 31.5 Å². The van der Waals surface area contributed by atoms with Crippen molar-refractivity contribution < 1.29 is 28.0 Å². The van der Waals surface area contributed by atoms with Crippen molar-refractivity contribution in [3.63, 3.8) is 0 Å². The zero-order valence-corrected chi connectivity index (χ0v) is 17.4. The maximum absolute atomic E-state index is 13.9. The summed E-state index contributed by atoms with van der Waals surface area (Å²) in [4.78, 5) is 51.8. The highest BCUT2D eigenvalue weighted by Gasteiger charge is 2.31. The van der Waals surface area contributed by atoms with Crippen LogP contribution in [0.15, 0.2) is 42.5 Å². The number of benzene rings is 2. The van der Waals surface area contributed by atoms with E-state index in [1.165, 1.54) is 4.90 Å². The number of imide groups is 1. The first-order valence-corrected chi connectivity index (χ1v) is 10.5. The molecule has 0 bridgehead atoms. The van der Waals surface area contributed by atoms with Gasteiger partial charge in [0, 0.05) is 37.4 Å². The maximum atomic E-state index is 13.9. The van der Waals surface area contributed by atoms with E-state index in [2.05, 4.69) is 0 Å². The molecular formula is C24H22F2N2O4. The first-order chi connectivity index (χ1) is 15.3. The van der Waals surface area contributed by atoms with E-state index in [4.69, 9.17) is 0 Å². The summed E-state index contributed by atoms with van der Waals surface area (Å²) in [5.74, 6) is -2.88. The van der Waals surface area contributed by atoms with Gasteiger partial charge in [-0.3, -0.25) is 24.1 Å². The zero-order chi connectivity index (χ0) is 22.8. The molecule has 0 N–H and O–H groups in total. The van der Waals surface area contributed by atoms with Crippen LogP contribution in [0.2, 0.25) is 0 Å². The summed E-state index contributed by atoms with van der Waals surface area (Å²) in [5, 5.41) is 0. The molecule has 0 unspecified atom stereocenters. The summed E-state index contributed by atoms with van der Waals surface area (Å²) in [7, 11) is 0. The SMILES string of the molecule is O=C(c1cc(F)ccc1F)C1CCN(C(=O)c2ccc(CN3C(=O)CCC3=O)cc2)CC1. The van der Waals surface area contributed by atoms with Crippen molar-refractivity contribution in [2.75, 3.05) is 13.1 Å². The van der Waals surface area contributed by atoms with Gasteiger partial charge in [0.2, 0.25) is 11.8 Å². The van der Waals surface area contributed by atoms with Crippen LogP contribution in [-0.4, -0.2) is 46.4 Å². The van der Waals surface area contributed by atoms with Crippen LogP contribution in [0.25, 0.3) is 0 Å². The highest BCUT2D eigenvalue weighted by molar-refractivity contribution is 6.02. The Labute approximate surface area is 183 Å². The molecule has 3 amide bonds. The number of halogens is 2. The smallest absolute Gasteiger partial charge is 0.253 e. The van der Waals surface area contributed by atoms with Crippen LogP contribution in [-0.2, 0) is 16.1 Å². The lowest BCUT2D eigenvalue weighted by Crippen LogP contribution is -2.40. The van der Waals surface area contributed by atoms with Gasteiger partial charge in [-0.1, -0.05) is 12.1 Å². The monoisotopic (exact) mass is 440 g/mol. The molecular weight excluding hydrogens is 418 g/mol. The predicted octanol–water partition coefficient (Wildman–Crippen LogP) is 3.35. The van der Waals surface area contributed by atoms with Crippen LogP contribution in [0.3, 0.4) is 0 Å². The second kappa shape index (κ2) is 8.98. The molecule has 0 aromatic heterocycles. The number of likely N-dealkylation sites (tertiary alicyclic amines) is 2. The number of hydrogen-bond donors (Lipinski definition) is 0. The van der Waals surface area contributed by atoms with Crippen LogP contribution in [0.5, 0.6) is 0 Å². The number of rotatable bonds is 5. The molecule has 2 fully saturated rings. The number of piperidine rings is 1. The van der Waals surface area contributed by atoms with E-state index in [-0.39, 0.29) is 42.7 Å². The Morgan fingerprint density at radius 1 is 0.906 bits per heavy atom. The molecule has 8 heteroatoms. The lowest BCUT2D eigenvalue weighted by molar-refractivity contribution is -0.139. The van der Waals surface area contributed by atoms with Crippen molar-refractivity contribution >= 4 is 23.5 Å². The molecule has 0 saturated carbocycles. The van der Waals surface area contributed by atoms with Gasteiger partial charge in [-0.2, -0.15) is 0 Å². The van der Waals surface area contributed by atoms with Crippen molar-refractivity contribution in [1.82, 2.24) is 9.80 Å². The molecule has 0 aliphatic carbocycles. The fourth-order valence-electron chi connectivity index (χ4n) is 4.17. The van der Waals surface area contributed by atoms with Gasteiger partial charge in [0.25, 0.3) is 5.91 Å². The average molecular weight is 440 g/mol. The molecule has 32 heavy (non-hydrogen) atoms. The van der Waals surface area contributed by atoms with Gasteiger partial charge in [0.05, 0.1) is 12.1 Å². The van der Waals surface area contributed by atoms with Crippen LogP contribution >= 0.6 is 0 Å². The van der Waals surface area contributed by atoms with Crippen LogP contribution in [0.1, 0.15) is 52.0 Å². The van der Waals surface area contributed by atoms with Gasteiger partial charge in [-0.05, 0) is 48.7 Å². The number of hydrogen-bond acceptors (Lipinski definition) is 4. The maximum Gasteiger partial charge on any atom is 0.253 e. The minimum Gasteiger partial charge on any atom is -0.339 e. The molecule has 2 heterocycles. The minimum atomic E-state index is -0.743. The van der Waals surface area contributed by atoms with E-state index < -0.39 is 23.3 Å². The molecule has 2 aliphatic rings. The Bertz CT molecular complexity index is 1060. The lowest BCUT2D eigenvalue weighted by Gasteiger charge is -2.31. The number of carbonyl (C=O) groups is 4. The fourth-order valence-corrected chi connectivity index (χ4v) is 4.17. The second-order valence-electron chi connectivity index (χ2n) is 8.13. The largest absolute Gasteiger partial charge is 0.339 e. The molecule has 2 aliphatic heterocycles. The molecule has 6 nitrogen and oxygen atoms in total. The molecule has 166 valence electrons. The third-order valence-electron chi connectivity index (χ3n) is 6.04. The van der Waals surface area contributed by atoms with Gasteiger partial charge < -0.3 is 4.90 Å². The minimum absolute atomic E-state index is 0.187. The molecule has 4 rings (SSSR count). The van der Waals surface area contributed by atoms with E-state index in [9.17, 15) is 28.0 Å². The molecule has 0 spiro atoms. The average Bonchev–Trinajstić information content (AvgIpc) is 3.12. The standard InChI is InChI=1S/C24H22F2N2O4/c25-18-5-6-20(26)19(13-18)23(31)16-9-11-27(12-10-16)24(32)17-3-1-15(2-4-17)14-28-21(29)7-8-22(28)30/h1-6,13,16H,7-12,14H2.